The van der Waals surface area contributed by atoms with Crippen LogP contribution in [0.3, 0.4) is 0 Å². The van der Waals surface area contributed by atoms with E-state index in [1.54, 1.807) is 18.2 Å². The summed E-state index contributed by atoms with van der Waals surface area (Å²) in [6.45, 7) is 6.83. The monoisotopic (exact) mass is 381 g/mol. The molecule has 25 heavy (non-hydrogen) atoms. The average Bonchev–Trinajstić information content (AvgIpc) is 2.59. The van der Waals surface area contributed by atoms with Crippen molar-refractivity contribution in [2.24, 2.45) is 0 Å². The second kappa shape index (κ2) is 8.97. The number of halogens is 2. The summed E-state index contributed by atoms with van der Waals surface area (Å²) in [5.74, 6) is 1.13. The summed E-state index contributed by atoms with van der Waals surface area (Å²) in [5.41, 5.74) is 1.37. The lowest BCUT2D eigenvalue weighted by Crippen LogP contribution is -2.26. The van der Waals surface area contributed by atoms with Crippen LogP contribution >= 0.6 is 23.2 Å². The number of rotatable bonds is 7. The van der Waals surface area contributed by atoms with E-state index in [1.165, 1.54) is 0 Å². The highest BCUT2D eigenvalue weighted by molar-refractivity contribution is 6.42. The summed E-state index contributed by atoms with van der Waals surface area (Å²) in [6, 6.07) is 10.2. The zero-order valence-corrected chi connectivity index (χ0v) is 15.9. The number of hydrogen-bond donors (Lipinski definition) is 1. The number of amides is 1. The van der Waals surface area contributed by atoms with Crippen LogP contribution in [0, 0.1) is 0 Å². The Bertz CT molecular complexity index is 749. The van der Waals surface area contributed by atoms with E-state index >= 15 is 0 Å². The number of carbonyl (C=O) groups excluding carboxylic acids is 1. The molecule has 0 heterocycles. The Hall–Kier alpha value is -1.91. The van der Waals surface area contributed by atoms with Crippen molar-refractivity contribution in [3.8, 4) is 11.5 Å². The third-order valence-electron chi connectivity index (χ3n) is 3.60. The molecule has 0 saturated heterocycles. The maximum absolute atomic E-state index is 12.4. The maximum Gasteiger partial charge on any atom is 0.251 e. The van der Waals surface area contributed by atoms with Gasteiger partial charge in [-0.2, -0.15) is 0 Å². The number of carbonyl (C=O) groups is 1. The largest absolute Gasteiger partial charge is 0.490 e. The van der Waals surface area contributed by atoms with Crippen LogP contribution in [0.4, 0.5) is 0 Å². The van der Waals surface area contributed by atoms with Gasteiger partial charge in [0, 0.05) is 5.56 Å². The molecule has 0 unspecified atom stereocenters. The van der Waals surface area contributed by atoms with Gasteiger partial charge in [0.2, 0.25) is 0 Å². The fourth-order valence-corrected chi connectivity index (χ4v) is 2.64. The van der Waals surface area contributed by atoms with Crippen molar-refractivity contribution in [3.05, 3.63) is 57.6 Å². The number of benzene rings is 2. The topological polar surface area (TPSA) is 47.6 Å². The van der Waals surface area contributed by atoms with Gasteiger partial charge < -0.3 is 14.8 Å². The molecule has 0 aliphatic rings. The van der Waals surface area contributed by atoms with Crippen LogP contribution in [-0.4, -0.2) is 19.1 Å². The Morgan fingerprint density at radius 1 is 1.00 bits per heavy atom. The van der Waals surface area contributed by atoms with E-state index in [0.717, 1.165) is 5.56 Å². The van der Waals surface area contributed by atoms with E-state index in [4.69, 9.17) is 32.7 Å². The van der Waals surface area contributed by atoms with Crippen molar-refractivity contribution in [2.45, 2.75) is 26.8 Å². The van der Waals surface area contributed by atoms with Gasteiger partial charge in [-0.3, -0.25) is 4.79 Å². The minimum atomic E-state index is -0.224. The zero-order chi connectivity index (χ0) is 18.4. The third kappa shape index (κ3) is 5.03. The van der Waals surface area contributed by atoms with Gasteiger partial charge in [0.25, 0.3) is 5.91 Å². The number of hydrogen-bond acceptors (Lipinski definition) is 3. The van der Waals surface area contributed by atoms with Crippen LogP contribution in [0.1, 0.15) is 42.7 Å². The Kier molecular flexibility index (Phi) is 6.97. The Labute approximate surface area is 158 Å². The molecule has 1 N–H and O–H groups in total. The highest BCUT2D eigenvalue weighted by Gasteiger charge is 2.15. The summed E-state index contributed by atoms with van der Waals surface area (Å²) in [5, 5.41) is 3.71. The zero-order valence-electron chi connectivity index (χ0n) is 14.4. The van der Waals surface area contributed by atoms with Crippen molar-refractivity contribution in [1.29, 1.82) is 0 Å². The molecule has 0 fully saturated rings. The highest BCUT2D eigenvalue weighted by Crippen LogP contribution is 2.31. The van der Waals surface area contributed by atoms with Crippen molar-refractivity contribution < 1.29 is 14.3 Å². The van der Waals surface area contributed by atoms with E-state index < -0.39 is 0 Å². The molecule has 2 rings (SSSR count). The summed E-state index contributed by atoms with van der Waals surface area (Å²) >= 11 is 11.9. The molecule has 1 amide bonds. The van der Waals surface area contributed by atoms with Gasteiger partial charge in [0.15, 0.2) is 11.5 Å². The molecule has 0 aliphatic heterocycles. The molecule has 0 aliphatic carbocycles. The van der Waals surface area contributed by atoms with Crippen molar-refractivity contribution in [3.63, 3.8) is 0 Å². The molecule has 0 saturated carbocycles. The standard InChI is InChI=1S/C19H21Cl2NO3/c1-4-24-17-9-7-13(11-18(17)25-5-2)12(3)22-19(23)14-6-8-15(20)16(21)10-14/h6-12H,4-5H2,1-3H3,(H,22,23)/t12-/m0/s1. The molecule has 2 aromatic rings. The van der Waals surface area contributed by atoms with Gasteiger partial charge >= 0.3 is 0 Å². The minimum Gasteiger partial charge on any atom is -0.490 e. The molecule has 134 valence electrons. The third-order valence-corrected chi connectivity index (χ3v) is 4.34. The molecule has 1 atom stereocenters. The quantitative estimate of drug-likeness (QED) is 0.709. The normalized spacial score (nSPS) is 11.7. The number of ether oxygens (including phenoxy) is 2. The lowest BCUT2D eigenvalue weighted by atomic mass is 10.1. The van der Waals surface area contributed by atoms with E-state index in [0.29, 0.717) is 40.3 Å². The van der Waals surface area contributed by atoms with Gasteiger partial charge in [-0.1, -0.05) is 29.3 Å². The Morgan fingerprint density at radius 3 is 2.32 bits per heavy atom. The molecule has 0 radical (unpaired) electrons. The van der Waals surface area contributed by atoms with Crippen LogP contribution in [0.5, 0.6) is 11.5 Å². The smallest absolute Gasteiger partial charge is 0.251 e. The van der Waals surface area contributed by atoms with Gasteiger partial charge in [0.1, 0.15) is 0 Å². The first-order valence-electron chi connectivity index (χ1n) is 8.11. The van der Waals surface area contributed by atoms with E-state index in [-0.39, 0.29) is 11.9 Å². The fraction of sp³-hybridized carbons (Fsp3) is 0.316. The van der Waals surface area contributed by atoms with Crippen LogP contribution < -0.4 is 14.8 Å². The maximum atomic E-state index is 12.4. The van der Waals surface area contributed by atoms with E-state index in [9.17, 15) is 4.79 Å². The second-order valence-corrected chi connectivity index (χ2v) is 6.21. The van der Waals surface area contributed by atoms with Gasteiger partial charge in [-0.25, -0.2) is 0 Å². The van der Waals surface area contributed by atoms with Crippen molar-refractivity contribution >= 4 is 29.1 Å². The summed E-state index contributed by atoms with van der Waals surface area (Å²) in [6.07, 6.45) is 0. The second-order valence-electron chi connectivity index (χ2n) is 5.40. The van der Waals surface area contributed by atoms with Gasteiger partial charge in [-0.05, 0) is 56.7 Å². The van der Waals surface area contributed by atoms with Crippen LogP contribution in [-0.2, 0) is 0 Å². The van der Waals surface area contributed by atoms with E-state index in [2.05, 4.69) is 5.32 Å². The molecule has 4 nitrogen and oxygen atoms in total. The van der Waals surface area contributed by atoms with Gasteiger partial charge in [0.05, 0.1) is 29.3 Å². The predicted octanol–water partition coefficient (Wildman–Crippen LogP) is 5.28. The minimum absolute atomic E-state index is 0.211. The van der Waals surface area contributed by atoms with Crippen molar-refractivity contribution in [1.82, 2.24) is 5.32 Å². The summed E-state index contributed by atoms with van der Waals surface area (Å²) in [7, 11) is 0. The highest BCUT2D eigenvalue weighted by atomic mass is 35.5. The van der Waals surface area contributed by atoms with E-state index in [1.807, 2.05) is 39.0 Å². The molecule has 6 heteroatoms. The first kappa shape index (κ1) is 19.4. The lowest BCUT2D eigenvalue weighted by Gasteiger charge is -2.17. The van der Waals surface area contributed by atoms with Crippen LogP contribution in [0.25, 0.3) is 0 Å². The fourth-order valence-electron chi connectivity index (χ4n) is 2.34. The summed E-state index contributed by atoms with van der Waals surface area (Å²) < 4.78 is 11.2. The van der Waals surface area contributed by atoms with Crippen LogP contribution in [0.2, 0.25) is 10.0 Å². The number of nitrogens with one attached hydrogen (secondary N) is 1. The Morgan fingerprint density at radius 2 is 1.68 bits per heavy atom. The molecule has 2 aromatic carbocycles. The molecule has 0 bridgehead atoms. The lowest BCUT2D eigenvalue weighted by molar-refractivity contribution is 0.0940. The summed E-state index contributed by atoms with van der Waals surface area (Å²) in [4.78, 5) is 12.4. The predicted molar refractivity (Wildman–Crippen MR) is 101 cm³/mol. The first-order chi connectivity index (χ1) is 12.0. The van der Waals surface area contributed by atoms with Crippen LogP contribution in [0.15, 0.2) is 36.4 Å². The van der Waals surface area contributed by atoms with Gasteiger partial charge in [-0.15, -0.1) is 0 Å². The average molecular weight is 382 g/mol. The molecule has 0 aromatic heterocycles. The SMILES string of the molecule is CCOc1ccc([C@H](C)NC(=O)c2ccc(Cl)c(Cl)c2)cc1OCC. The first-order valence-corrected chi connectivity index (χ1v) is 8.87. The molecular formula is C19H21Cl2NO3. The van der Waals surface area contributed by atoms with Crippen molar-refractivity contribution in [2.75, 3.05) is 13.2 Å². The molecule has 0 spiro atoms. The Balaban J connectivity index is 2.16. The molecular weight excluding hydrogens is 361 g/mol.